The molecule has 2 heterocycles. The average Bonchev–Trinajstić information content (AvgIpc) is 3.06. The molecule has 1 aromatic carbocycles. The van der Waals surface area contributed by atoms with Crippen LogP contribution in [-0.2, 0) is 7.05 Å². The fourth-order valence-corrected chi connectivity index (χ4v) is 3.26. The largest absolute Gasteiger partial charge is 0.385 e. The number of hydrogen-bond donors (Lipinski definition) is 1. The second-order valence-electron chi connectivity index (χ2n) is 6.30. The lowest BCUT2D eigenvalue weighted by Crippen LogP contribution is -2.42. The topological polar surface area (TPSA) is 102 Å². The van der Waals surface area contributed by atoms with E-state index in [0.29, 0.717) is 24.5 Å². The molecule has 1 fully saturated rings. The van der Waals surface area contributed by atoms with E-state index in [9.17, 15) is 20.0 Å². The van der Waals surface area contributed by atoms with Gasteiger partial charge in [-0.3, -0.25) is 14.9 Å². The molecule has 1 aromatic heterocycles. The zero-order chi connectivity index (χ0) is 18.0. The van der Waals surface area contributed by atoms with Gasteiger partial charge in [0.25, 0.3) is 11.6 Å². The van der Waals surface area contributed by atoms with Crippen molar-refractivity contribution in [1.82, 2.24) is 14.5 Å². The number of aliphatic hydroxyl groups is 1. The number of hydrogen-bond acceptors (Lipinski definition) is 5. The second kappa shape index (κ2) is 7.02. The Balaban J connectivity index is 1.75. The molecule has 1 aliphatic rings. The lowest BCUT2D eigenvalue weighted by atomic mass is 9.91. The number of rotatable bonds is 4. The molecule has 1 N–H and O–H groups in total. The van der Waals surface area contributed by atoms with E-state index in [1.165, 1.54) is 18.2 Å². The first-order valence-electron chi connectivity index (χ1n) is 8.16. The molecule has 2 atom stereocenters. The van der Waals surface area contributed by atoms with Crippen molar-refractivity contribution in [3.63, 3.8) is 0 Å². The molecule has 3 rings (SSSR count). The maximum absolute atomic E-state index is 12.7. The number of nitrogens with zero attached hydrogens (tertiary/aromatic N) is 4. The summed E-state index contributed by atoms with van der Waals surface area (Å²) in [7, 11) is 1.82. The molecule has 0 saturated carbocycles. The quantitative estimate of drug-likeness (QED) is 0.674. The van der Waals surface area contributed by atoms with Crippen LogP contribution in [0.4, 0.5) is 5.69 Å². The number of carbonyl (C=O) groups is 1. The molecule has 2 aromatic rings. The number of nitro benzene ring substituents is 1. The lowest BCUT2D eigenvalue weighted by Gasteiger charge is -2.35. The summed E-state index contributed by atoms with van der Waals surface area (Å²) in [6, 6.07) is 5.74. The standard InChI is InChI=1S/C17H20N4O4/c1-19-9-7-18-16(19)15(22)13-5-3-8-20(11-13)17(23)12-4-2-6-14(10-12)21(24)25/h2,4,6-7,9-10,13,15,22H,3,5,8,11H2,1H3. The number of nitro groups is 1. The van der Waals surface area contributed by atoms with Gasteiger partial charge in [-0.2, -0.15) is 0 Å². The van der Waals surface area contributed by atoms with Crippen molar-refractivity contribution in [3.05, 3.63) is 58.2 Å². The van der Waals surface area contributed by atoms with E-state index in [4.69, 9.17) is 0 Å². The smallest absolute Gasteiger partial charge is 0.270 e. The zero-order valence-corrected chi connectivity index (χ0v) is 13.9. The van der Waals surface area contributed by atoms with Crippen molar-refractivity contribution in [1.29, 1.82) is 0 Å². The number of carbonyl (C=O) groups excluding carboxylic acids is 1. The van der Waals surface area contributed by atoms with Crippen LogP contribution in [0, 0.1) is 16.0 Å². The summed E-state index contributed by atoms with van der Waals surface area (Å²) in [5.41, 5.74) is 0.189. The third-order valence-electron chi connectivity index (χ3n) is 4.62. The van der Waals surface area contributed by atoms with E-state index in [1.54, 1.807) is 27.9 Å². The Kier molecular flexibility index (Phi) is 4.80. The number of benzene rings is 1. The SMILES string of the molecule is Cn1ccnc1C(O)C1CCCN(C(=O)c2cccc([N+](=O)[O-])c2)C1. The molecule has 0 aliphatic carbocycles. The molecular formula is C17H20N4O4. The highest BCUT2D eigenvalue weighted by atomic mass is 16.6. The maximum Gasteiger partial charge on any atom is 0.270 e. The monoisotopic (exact) mass is 344 g/mol. The van der Waals surface area contributed by atoms with Crippen molar-refractivity contribution in [2.24, 2.45) is 13.0 Å². The van der Waals surface area contributed by atoms with Gasteiger partial charge in [0.15, 0.2) is 0 Å². The van der Waals surface area contributed by atoms with Crippen LogP contribution in [0.1, 0.15) is 35.1 Å². The Morgan fingerprint density at radius 3 is 2.96 bits per heavy atom. The van der Waals surface area contributed by atoms with Gasteiger partial charge in [0.2, 0.25) is 0 Å². The Labute approximate surface area is 144 Å². The predicted octanol–water partition coefficient (Wildman–Crippen LogP) is 1.91. The minimum Gasteiger partial charge on any atom is -0.385 e. The summed E-state index contributed by atoms with van der Waals surface area (Å²) in [6.07, 6.45) is 4.22. The minimum absolute atomic E-state index is 0.104. The summed E-state index contributed by atoms with van der Waals surface area (Å²) in [5.74, 6) is 0.215. The Morgan fingerprint density at radius 2 is 2.28 bits per heavy atom. The fourth-order valence-electron chi connectivity index (χ4n) is 3.26. The molecule has 25 heavy (non-hydrogen) atoms. The molecule has 0 radical (unpaired) electrons. The molecule has 8 heteroatoms. The number of likely N-dealkylation sites (tertiary alicyclic amines) is 1. The summed E-state index contributed by atoms with van der Waals surface area (Å²) in [4.78, 5) is 28.9. The number of imidazole rings is 1. The molecule has 0 spiro atoms. The van der Waals surface area contributed by atoms with Gasteiger partial charge in [0.05, 0.1) is 4.92 Å². The molecular weight excluding hydrogens is 324 g/mol. The maximum atomic E-state index is 12.7. The molecule has 1 aliphatic heterocycles. The van der Waals surface area contributed by atoms with Crippen LogP contribution in [0.3, 0.4) is 0 Å². The van der Waals surface area contributed by atoms with Crippen LogP contribution >= 0.6 is 0 Å². The Morgan fingerprint density at radius 1 is 1.48 bits per heavy atom. The molecule has 0 bridgehead atoms. The van der Waals surface area contributed by atoms with E-state index >= 15 is 0 Å². The number of amides is 1. The van der Waals surface area contributed by atoms with Crippen molar-refractivity contribution in [2.75, 3.05) is 13.1 Å². The van der Waals surface area contributed by atoms with Crippen LogP contribution < -0.4 is 0 Å². The summed E-state index contributed by atoms with van der Waals surface area (Å²) >= 11 is 0. The zero-order valence-electron chi connectivity index (χ0n) is 13.9. The number of aromatic nitrogens is 2. The van der Waals surface area contributed by atoms with E-state index < -0.39 is 11.0 Å². The minimum atomic E-state index is -0.749. The van der Waals surface area contributed by atoms with Gasteiger partial charge in [0.1, 0.15) is 11.9 Å². The van der Waals surface area contributed by atoms with Crippen molar-refractivity contribution in [2.45, 2.75) is 18.9 Å². The highest BCUT2D eigenvalue weighted by Crippen LogP contribution is 2.29. The molecule has 8 nitrogen and oxygen atoms in total. The number of piperidine rings is 1. The van der Waals surface area contributed by atoms with Crippen molar-refractivity contribution >= 4 is 11.6 Å². The molecule has 1 saturated heterocycles. The van der Waals surface area contributed by atoms with Crippen molar-refractivity contribution < 1.29 is 14.8 Å². The summed E-state index contributed by atoms with van der Waals surface area (Å²) in [5, 5.41) is 21.5. The normalized spacial score (nSPS) is 18.8. The van der Waals surface area contributed by atoms with Gasteiger partial charge in [-0.1, -0.05) is 6.07 Å². The number of non-ortho nitro benzene ring substituents is 1. The first kappa shape index (κ1) is 17.1. The van der Waals surface area contributed by atoms with E-state index in [-0.39, 0.29) is 17.5 Å². The second-order valence-corrected chi connectivity index (χ2v) is 6.30. The highest BCUT2D eigenvalue weighted by Gasteiger charge is 2.31. The van der Waals surface area contributed by atoms with Crippen LogP contribution in [0.15, 0.2) is 36.7 Å². The molecule has 2 unspecified atom stereocenters. The van der Waals surface area contributed by atoms with Crippen LogP contribution in [-0.4, -0.2) is 43.5 Å². The fraction of sp³-hybridized carbons (Fsp3) is 0.412. The highest BCUT2D eigenvalue weighted by molar-refractivity contribution is 5.94. The van der Waals surface area contributed by atoms with Gasteiger partial charge < -0.3 is 14.6 Å². The average molecular weight is 344 g/mol. The first-order valence-corrected chi connectivity index (χ1v) is 8.16. The van der Waals surface area contributed by atoms with Gasteiger partial charge in [-0.05, 0) is 18.9 Å². The third kappa shape index (κ3) is 3.53. The van der Waals surface area contributed by atoms with Crippen molar-refractivity contribution in [3.8, 4) is 0 Å². The van der Waals surface area contributed by atoms with Gasteiger partial charge >= 0.3 is 0 Å². The van der Waals surface area contributed by atoms with Gasteiger partial charge in [0, 0.05) is 56.1 Å². The summed E-state index contributed by atoms with van der Waals surface area (Å²) < 4.78 is 1.77. The van der Waals surface area contributed by atoms with Gasteiger partial charge in [-0.15, -0.1) is 0 Å². The van der Waals surface area contributed by atoms with E-state index in [1.807, 2.05) is 7.05 Å². The third-order valence-corrected chi connectivity index (χ3v) is 4.62. The van der Waals surface area contributed by atoms with Gasteiger partial charge in [-0.25, -0.2) is 4.98 Å². The number of aryl methyl sites for hydroxylation is 1. The lowest BCUT2D eigenvalue weighted by molar-refractivity contribution is -0.384. The predicted molar refractivity (Wildman–Crippen MR) is 89.9 cm³/mol. The Bertz CT molecular complexity index is 788. The first-order chi connectivity index (χ1) is 12.0. The van der Waals surface area contributed by atoms with E-state index in [2.05, 4.69) is 4.98 Å². The van der Waals surface area contributed by atoms with Crippen LogP contribution in [0.5, 0.6) is 0 Å². The van der Waals surface area contributed by atoms with Crippen LogP contribution in [0.25, 0.3) is 0 Å². The molecule has 1 amide bonds. The summed E-state index contributed by atoms with van der Waals surface area (Å²) in [6.45, 7) is 0.973. The van der Waals surface area contributed by atoms with Crippen LogP contribution in [0.2, 0.25) is 0 Å². The Hall–Kier alpha value is -2.74. The number of aliphatic hydroxyl groups excluding tert-OH is 1. The molecule has 132 valence electrons. The van der Waals surface area contributed by atoms with E-state index in [0.717, 1.165) is 12.8 Å².